The molecule has 3 nitrogen and oxygen atoms in total. The third-order valence-corrected chi connectivity index (χ3v) is 2.00. The molecule has 0 spiro atoms. The molecule has 0 rings (SSSR count). The van der Waals surface area contributed by atoms with Crippen LogP contribution in [0.3, 0.4) is 0 Å². The Bertz CT molecular complexity index is 101. The molecule has 0 bridgehead atoms. The number of rotatable bonds is 8. The van der Waals surface area contributed by atoms with Crippen molar-refractivity contribution < 1.29 is 9.84 Å². The zero-order chi connectivity index (χ0) is 10.1. The van der Waals surface area contributed by atoms with Gasteiger partial charge in [-0.25, -0.2) is 0 Å². The van der Waals surface area contributed by atoms with Crippen molar-refractivity contribution in [3.63, 3.8) is 0 Å². The maximum atomic E-state index is 9.05. The van der Waals surface area contributed by atoms with Crippen molar-refractivity contribution in [1.82, 2.24) is 5.32 Å². The Balaban J connectivity index is 3.44. The number of hydrogen-bond donors (Lipinski definition) is 2. The molecule has 2 unspecified atom stereocenters. The van der Waals surface area contributed by atoms with Gasteiger partial charge in [-0.05, 0) is 26.3 Å². The summed E-state index contributed by atoms with van der Waals surface area (Å²) in [6, 6.07) is 0.439. The summed E-state index contributed by atoms with van der Waals surface area (Å²) in [5, 5.41) is 12.4. The van der Waals surface area contributed by atoms with Crippen molar-refractivity contribution in [1.29, 1.82) is 0 Å². The summed E-state index contributed by atoms with van der Waals surface area (Å²) in [6.07, 6.45) is 2.89. The monoisotopic (exact) mass is 189 g/mol. The third kappa shape index (κ3) is 8.22. The van der Waals surface area contributed by atoms with Crippen LogP contribution in [0.4, 0.5) is 0 Å². The van der Waals surface area contributed by atoms with Crippen LogP contribution in [0, 0.1) is 0 Å². The van der Waals surface area contributed by atoms with Gasteiger partial charge in [-0.15, -0.1) is 0 Å². The van der Waals surface area contributed by atoms with E-state index in [1.54, 1.807) is 7.11 Å². The van der Waals surface area contributed by atoms with E-state index in [0.29, 0.717) is 6.04 Å². The minimum absolute atomic E-state index is 0.211. The highest BCUT2D eigenvalue weighted by Crippen LogP contribution is 1.97. The smallest absolute Gasteiger partial charge is 0.0615 e. The second kappa shape index (κ2) is 8.48. The molecule has 0 aromatic carbocycles. The van der Waals surface area contributed by atoms with Gasteiger partial charge in [-0.3, -0.25) is 0 Å². The van der Waals surface area contributed by atoms with E-state index in [1.165, 1.54) is 0 Å². The van der Waals surface area contributed by atoms with Gasteiger partial charge in [0.1, 0.15) is 0 Å². The number of nitrogens with one attached hydrogen (secondary N) is 1. The SMILES string of the molecule is CCCC(COC)NCCC(C)O. The lowest BCUT2D eigenvalue weighted by Crippen LogP contribution is -2.34. The molecular weight excluding hydrogens is 166 g/mol. The highest BCUT2D eigenvalue weighted by molar-refractivity contribution is 4.65. The van der Waals surface area contributed by atoms with Crippen LogP contribution in [0.1, 0.15) is 33.1 Å². The molecule has 3 heteroatoms. The molecular formula is C10H23NO2. The predicted octanol–water partition coefficient (Wildman–Crippen LogP) is 1.16. The van der Waals surface area contributed by atoms with Gasteiger partial charge < -0.3 is 15.2 Å². The zero-order valence-corrected chi connectivity index (χ0v) is 9.05. The third-order valence-electron chi connectivity index (χ3n) is 2.00. The molecule has 13 heavy (non-hydrogen) atoms. The van der Waals surface area contributed by atoms with E-state index in [1.807, 2.05) is 6.92 Å². The van der Waals surface area contributed by atoms with E-state index in [-0.39, 0.29) is 6.10 Å². The van der Waals surface area contributed by atoms with Gasteiger partial charge >= 0.3 is 0 Å². The minimum atomic E-state index is -0.211. The highest BCUT2D eigenvalue weighted by atomic mass is 16.5. The molecule has 0 aromatic rings. The van der Waals surface area contributed by atoms with Crippen LogP contribution < -0.4 is 5.32 Å². The Hall–Kier alpha value is -0.120. The Morgan fingerprint density at radius 3 is 2.54 bits per heavy atom. The van der Waals surface area contributed by atoms with Gasteiger partial charge in [0.05, 0.1) is 12.7 Å². The van der Waals surface area contributed by atoms with Crippen LogP contribution in [-0.2, 0) is 4.74 Å². The molecule has 0 saturated carbocycles. The first-order chi connectivity index (χ1) is 6.20. The summed E-state index contributed by atoms with van der Waals surface area (Å²) in [4.78, 5) is 0. The molecule has 0 aliphatic rings. The molecule has 0 radical (unpaired) electrons. The van der Waals surface area contributed by atoms with Crippen LogP contribution >= 0.6 is 0 Å². The Labute approximate surface area is 81.5 Å². The van der Waals surface area contributed by atoms with Gasteiger partial charge in [0.2, 0.25) is 0 Å². The van der Waals surface area contributed by atoms with Crippen molar-refractivity contribution in [2.75, 3.05) is 20.3 Å². The maximum Gasteiger partial charge on any atom is 0.0615 e. The van der Waals surface area contributed by atoms with Crippen LogP contribution in [0.2, 0.25) is 0 Å². The summed E-state index contributed by atoms with van der Waals surface area (Å²) in [5.74, 6) is 0. The molecule has 0 amide bonds. The van der Waals surface area contributed by atoms with E-state index < -0.39 is 0 Å². The number of hydrogen-bond acceptors (Lipinski definition) is 3. The molecule has 0 aliphatic heterocycles. The van der Waals surface area contributed by atoms with E-state index >= 15 is 0 Å². The average molecular weight is 189 g/mol. The summed E-state index contributed by atoms with van der Waals surface area (Å²) in [7, 11) is 1.72. The van der Waals surface area contributed by atoms with E-state index in [4.69, 9.17) is 9.84 Å². The standard InChI is InChI=1S/C10H23NO2/c1-4-5-10(8-13-3)11-7-6-9(2)12/h9-12H,4-8H2,1-3H3. The summed E-state index contributed by atoms with van der Waals surface area (Å²) >= 11 is 0. The predicted molar refractivity (Wildman–Crippen MR) is 54.9 cm³/mol. The van der Waals surface area contributed by atoms with Crippen LogP contribution in [0.15, 0.2) is 0 Å². The molecule has 80 valence electrons. The van der Waals surface area contributed by atoms with Crippen molar-refractivity contribution in [3.05, 3.63) is 0 Å². The lowest BCUT2D eigenvalue weighted by molar-refractivity contribution is 0.152. The van der Waals surface area contributed by atoms with E-state index in [0.717, 1.165) is 32.4 Å². The maximum absolute atomic E-state index is 9.05. The van der Waals surface area contributed by atoms with Crippen molar-refractivity contribution in [2.24, 2.45) is 0 Å². The summed E-state index contributed by atoms with van der Waals surface area (Å²) in [5.41, 5.74) is 0. The number of ether oxygens (including phenoxy) is 1. The van der Waals surface area contributed by atoms with Crippen molar-refractivity contribution in [2.45, 2.75) is 45.3 Å². The second-order valence-corrected chi connectivity index (χ2v) is 3.53. The van der Waals surface area contributed by atoms with Crippen molar-refractivity contribution >= 4 is 0 Å². The van der Waals surface area contributed by atoms with Gasteiger partial charge in [-0.1, -0.05) is 13.3 Å². The Morgan fingerprint density at radius 2 is 2.08 bits per heavy atom. The van der Waals surface area contributed by atoms with Crippen LogP contribution in [0.25, 0.3) is 0 Å². The fourth-order valence-corrected chi connectivity index (χ4v) is 1.29. The fourth-order valence-electron chi connectivity index (χ4n) is 1.29. The minimum Gasteiger partial charge on any atom is -0.393 e. The van der Waals surface area contributed by atoms with Crippen LogP contribution in [0.5, 0.6) is 0 Å². The highest BCUT2D eigenvalue weighted by Gasteiger charge is 2.06. The first-order valence-corrected chi connectivity index (χ1v) is 5.11. The molecule has 0 aliphatic carbocycles. The second-order valence-electron chi connectivity index (χ2n) is 3.53. The Kier molecular flexibility index (Phi) is 8.40. The largest absolute Gasteiger partial charge is 0.393 e. The summed E-state index contributed by atoms with van der Waals surface area (Å²) in [6.45, 7) is 5.60. The van der Waals surface area contributed by atoms with Gasteiger partial charge in [-0.2, -0.15) is 0 Å². The number of aliphatic hydroxyl groups is 1. The van der Waals surface area contributed by atoms with E-state index in [9.17, 15) is 0 Å². The van der Waals surface area contributed by atoms with Gasteiger partial charge in [0.25, 0.3) is 0 Å². The summed E-state index contributed by atoms with van der Waals surface area (Å²) < 4.78 is 5.09. The molecule has 0 heterocycles. The van der Waals surface area contributed by atoms with Gasteiger partial charge in [0, 0.05) is 13.2 Å². The molecule has 0 fully saturated rings. The number of aliphatic hydroxyl groups excluding tert-OH is 1. The number of methoxy groups -OCH3 is 1. The Morgan fingerprint density at radius 1 is 1.38 bits per heavy atom. The van der Waals surface area contributed by atoms with Gasteiger partial charge in [0.15, 0.2) is 0 Å². The average Bonchev–Trinajstić information content (AvgIpc) is 2.04. The van der Waals surface area contributed by atoms with E-state index in [2.05, 4.69) is 12.2 Å². The normalized spacial score (nSPS) is 15.7. The van der Waals surface area contributed by atoms with Crippen LogP contribution in [-0.4, -0.2) is 37.5 Å². The quantitative estimate of drug-likeness (QED) is 0.602. The molecule has 2 atom stereocenters. The molecule has 2 N–H and O–H groups in total. The first-order valence-electron chi connectivity index (χ1n) is 5.11. The molecule has 0 aromatic heterocycles. The molecule has 0 saturated heterocycles. The first kappa shape index (κ1) is 12.9. The fraction of sp³-hybridized carbons (Fsp3) is 1.00. The topological polar surface area (TPSA) is 41.5 Å². The lowest BCUT2D eigenvalue weighted by atomic mass is 10.1. The zero-order valence-electron chi connectivity index (χ0n) is 9.05. The lowest BCUT2D eigenvalue weighted by Gasteiger charge is -2.17. The van der Waals surface area contributed by atoms with Crippen molar-refractivity contribution in [3.8, 4) is 0 Å².